The molecule has 0 radical (unpaired) electrons. The monoisotopic (exact) mass is 302 g/mol. The third kappa shape index (κ3) is 2.26. The molecule has 106 valence electrons. The van der Waals surface area contributed by atoms with E-state index in [0.717, 1.165) is 11.3 Å². The first kappa shape index (κ1) is 13.6. The number of fused-ring (bicyclic) bond motifs is 3. The molecule has 21 heavy (non-hydrogen) atoms. The molecule has 1 atom stereocenters. The lowest BCUT2D eigenvalue weighted by molar-refractivity contribution is 0.1000. The van der Waals surface area contributed by atoms with Gasteiger partial charge in [-0.15, -0.1) is 17.8 Å². The average molecular weight is 302 g/mol. The second-order valence-electron chi connectivity index (χ2n) is 4.61. The van der Waals surface area contributed by atoms with Crippen LogP contribution in [0.15, 0.2) is 18.2 Å². The van der Waals surface area contributed by atoms with Gasteiger partial charge in [0.25, 0.3) is 5.91 Å². The number of hydrogen-bond acceptors (Lipinski definition) is 4. The maximum absolute atomic E-state index is 13.3. The van der Waals surface area contributed by atoms with E-state index in [9.17, 15) is 9.18 Å². The SMILES string of the molecule is C#Cc1ccc2c(c1)-c1nc(C(N)=O)sc1C(CF)CO2. The fourth-order valence-corrected chi connectivity index (χ4v) is 3.21. The largest absolute Gasteiger partial charge is 0.492 e. The zero-order valence-corrected chi connectivity index (χ0v) is 11.7. The molecule has 0 saturated heterocycles. The summed E-state index contributed by atoms with van der Waals surface area (Å²) in [6.45, 7) is -0.407. The van der Waals surface area contributed by atoms with Crippen molar-refractivity contribution >= 4 is 17.2 Å². The van der Waals surface area contributed by atoms with E-state index in [4.69, 9.17) is 16.9 Å². The number of hydrogen-bond donors (Lipinski definition) is 1. The van der Waals surface area contributed by atoms with Gasteiger partial charge in [-0.25, -0.2) is 4.98 Å². The van der Waals surface area contributed by atoms with Gasteiger partial charge in [0, 0.05) is 16.0 Å². The Bertz CT molecular complexity index is 764. The number of amides is 1. The summed E-state index contributed by atoms with van der Waals surface area (Å²) in [4.78, 5) is 16.3. The summed E-state index contributed by atoms with van der Waals surface area (Å²) in [6, 6.07) is 5.23. The molecular weight excluding hydrogens is 291 g/mol. The summed E-state index contributed by atoms with van der Waals surface area (Å²) >= 11 is 1.11. The number of aromatic nitrogens is 1. The summed E-state index contributed by atoms with van der Waals surface area (Å²) in [6.07, 6.45) is 5.41. The number of nitrogens with two attached hydrogens (primary N) is 1. The predicted octanol–water partition coefficient (Wildman–Crippen LogP) is 2.34. The summed E-state index contributed by atoms with van der Waals surface area (Å²) in [5.74, 6) is 2.02. The molecule has 2 heterocycles. The van der Waals surface area contributed by atoms with Crippen LogP contribution in [0.5, 0.6) is 5.75 Å². The van der Waals surface area contributed by atoms with Crippen molar-refractivity contribution in [3.05, 3.63) is 33.6 Å². The van der Waals surface area contributed by atoms with Gasteiger partial charge in [0.2, 0.25) is 0 Å². The lowest BCUT2D eigenvalue weighted by atomic mass is 10.0. The van der Waals surface area contributed by atoms with E-state index in [1.54, 1.807) is 18.2 Å². The summed E-state index contributed by atoms with van der Waals surface area (Å²) in [5, 5.41) is 0.164. The number of carbonyl (C=O) groups excluding carboxylic acids is 1. The lowest BCUT2D eigenvalue weighted by Gasteiger charge is -2.09. The first-order valence-corrected chi connectivity index (χ1v) is 7.06. The van der Waals surface area contributed by atoms with E-state index in [1.807, 2.05) is 0 Å². The van der Waals surface area contributed by atoms with Crippen molar-refractivity contribution in [2.75, 3.05) is 13.3 Å². The highest BCUT2D eigenvalue weighted by atomic mass is 32.1. The van der Waals surface area contributed by atoms with Crippen molar-refractivity contribution in [2.24, 2.45) is 5.73 Å². The molecule has 4 nitrogen and oxygen atoms in total. The van der Waals surface area contributed by atoms with Crippen LogP contribution >= 0.6 is 11.3 Å². The van der Waals surface area contributed by atoms with Crippen LogP contribution in [0.25, 0.3) is 11.3 Å². The first-order valence-electron chi connectivity index (χ1n) is 6.24. The summed E-state index contributed by atoms with van der Waals surface area (Å²) in [5.41, 5.74) is 7.14. The van der Waals surface area contributed by atoms with Gasteiger partial charge in [0.15, 0.2) is 5.01 Å². The number of thiazole rings is 1. The van der Waals surface area contributed by atoms with Crippen molar-refractivity contribution in [1.82, 2.24) is 4.98 Å². The van der Waals surface area contributed by atoms with Crippen LogP contribution in [0.4, 0.5) is 4.39 Å². The standard InChI is InChI=1S/C15H11FN2O2S/c1-2-8-3-4-11-10(5-8)12-13(9(6-16)7-20-11)21-15(18-12)14(17)19/h1,3-5,9H,6-7H2,(H2,17,19). The minimum absolute atomic E-state index is 0.164. The predicted molar refractivity (Wildman–Crippen MR) is 78.2 cm³/mol. The van der Waals surface area contributed by atoms with Gasteiger partial charge in [0.05, 0.1) is 18.2 Å². The van der Waals surface area contributed by atoms with Gasteiger partial charge in [-0.3, -0.25) is 9.18 Å². The Kier molecular flexibility index (Phi) is 3.35. The van der Waals surface area contributed by atoms with Gasteiger partial charge in [0.1, 0.15) is 12.4 Å². The molecular formula is C15H11FN2O2S. The maximum Gasteiger partial charge on any atom is 0.277 e. The fourth-order valence-electron chi connectivity index (χ4n) is 2.22. The van der Waals surface area contributed by atoms with Crippen LogP contribution in [0.1, 0.15) is 26.2 Å². The normalized spacial score (nSPS) is 16.1. The van der Waals surface area contributed by atoms with Crippen LogP contribution < -0.4 is 10.5 Å². The number of ether oxygens (including phenoxy) is 1. The van der Waals surface area contributed by atoms with Gasteiger partial charge in [-0.2, -0.15) is 0 Å². The van der Waals surface area contributed by atoms with E-state index >= 15 is 0 Å². The van der Waals surface area contributed by atoms with Crippen molar-refractivity contribution in [3.63, 3.8) is 0 Å². The molecule has 0 fully saturated rings. The molecule has 0 bridgehead atoms. The number of carbonyl (C=O) groups is 1. The fraction of sp³-hybridized carbons (Fsp3) is 0.200. The molecule has 1 aliphatic heterocycles. The summed E-state index contributed by atoms with van der Waals surface area (Å²) < 4.78 is 18.9. The molecule has 3 rings (SSSR count). The molecule has 1 aromatic carbocycles. The van der Waals surface area contributed by atoms with E-state index in [-0.39, 0.29) is 11.6 Å². The smallest absolute Gasteiger partial charge is 0.277 e. The highest BCUT2D eigenvalue weighted by molar-refractivity contribution is 7.14. The molecule has 0 saturated carbocycles. The van der Waals surface area contributed by atoms with E-state index in [2.05, 4.69) is 10.9 Å². The maximum atomic E-state index is 13.3. The molecule has 6 heteroatoms. The molecule has 0 spiro atoms. The Balaban J connectivity index is 2.25. The van der Waals surface area contributed by atoms with Crippen molar-refractivity contribution < 1.29 is 13.9 Å². The Morgan fingerprint density at radius 2 is 2.43 bits per heavy atom. The number of primary amides is 1. The number of alkyl halides is 1. The molecule has 0 aliphatic carbocycles. The Hall–Kier alpha value is -2.39. The van der Waals surface area contributed by atoms with Crippen molar-refractivity contribution in [1.29, 1.82) is 0 Å². The zero-order valence-electron chi connectivity index (χ0n) is 10.9. The third-order valence-corrected chi connectivity index (χ3v) is 4.49. The number of benzene rings is 1. The second kappa shape index (κ2) is 5.19. The van der Waals surface area contributed by atoms with Crippen LogP contribution in [0, 0.1) is 12.3 Å². The number of halogens is 1. The number of rotatable bonds is 2. The van der Waals surface area contributed by atoms with Crippen molar-refractivity contribution in [3.8, 4) is 29.4 Å². The molecule has 2 aromatic rings. The molecule has 2 N–H and O–H groups in total. The van der Waals surface area contributed by atoms with Gasteiger partial charge >= 0.3 is 0 Å². The third-order valence-electron chi connectivity index (χ3n) is 3.26. The Labute approximate surface area is 124 Å². The summed E-state index contributed by atoms with van der Waals surface area (Å²) in [7, 11) is 0. The van der Waals surface area contributed by atoms with E-state index in [1.165, 1.54) is 0 Å². The topological polar surface area (TPSA) is 65.2 Å². The molecule has 1 aromatic heterocycles. The van der Waals surface area contributed by atoms with Crippen LogP contribution in [-0.2, 0) is 0 Å². The zero-order chi connectivity index (χ0) is 15.0. The van der Waals surface area contributed by atoms with E-state index < -0.39 is 18.5 Å². The van der Waals surface area contributed by atoms with Gasteiger partial charge in [-0.1, -0.05) is 5.92 Å². The van der Waals surface area contributed by atoms with Crippen LogP contribution in [0.3, 0.4) is 0 Å². The minimum Gasteiger partial charge on any atom is -0.492 e. The quantitative estimate of drug-likeness (QED) is 0.866. The molecule has 1 aliphatic rings. The van der Waals surface area contributed by atoms with Gasteiger partial charge < -0.3 is 10.5 Å². The van der Waals surface area contributed by atoms with Crippen LogP contribution in [-0.4, -0.2) is 24.2 Å². The van der Waals surface area contributed by atoms with Gasteiger partial charge in [-0.05, 0) is 18.2 Å². The Morgan fingerprint density at radius 1 is 1.62 bits per heavy atom. The highest BCUT2D eigenvalue weighted by Crippen LogP contribution is 2.42. The molecule has 1 unspecified atom stereocenters. The average Bonchev–Trinajstić information content (AvgIpc) is 2.87. The molecule has 1 amide bonds. The van der Waals surface area contributed by atoms with Crippen molar-refractivity contribution in [2.45, 2.75) is 5.92 Å². The highest BCUT2D eigenvalue weighted by Gasteiger charge is 2.28. The first-order chi connectivity index (χ1) is 10.1. The van der Waals surface area contributed by atoms with Crippen LogP contribution in [0.2, 0.25) is 0 Å². The number of terminal acetylenes is 1. The number of nitrogens with zero attached hydrogens (tertiary/aromatic N) is 1. The van der Waals surface area contributed by atoms with E-state index in [0.29, 0.717) is 27.4 Å². The Morgan fingerprint density at radius 3 is 3.10 bits per heavy atom. The second-order valence-corrected chi connectivity index (χ2v) is 5.64. The lowest BCUT2D eigenvalue weighted by Crippen LogP contribution is -2.11. The minimum atomic E-state index is -0.624.